The van der Waals surface area contributed by atoms with Gasteiger partial charge in [-0.15, -0.1) is 0 Å². The lowest BCUT2D eigenvalue weighted by Crippen LogP contribution is -2.07. The maximum Gasteiger partial charge on any atom is 0.214 e. The molecular weight excluding hydrogens is 226 g/mol. The largest absolute Gasteiger partial charge is 0.481 e. The first-order valence-electron chi connectivity index (χ1n) is 5.82. The van der Waals surface area contributed by atoms with Gasteiger partial charge in [0, 0.05) is 29.7 Å². The third-order valence-corrected chi connectivity index (χ3v) is 2.67. The van der Waals surface area contributed by atoms with E-state index in [1.54, 1.807) is 13.3 Å². The van der Waals surface area contributed by atoms with Crippen molar-refractivity contribution < 1.29 is 4.74 Å². The molecule has 1 aromatic heterocycles. The van der Waals surface area contributed by atoms with E-state index in [0.29, 0.717) is 5.88 Å². The average molecular weight is 243 g/mol. The third-order valence-electron chi connectivity index (χ3n) is 2.67. The van der Waals surface area contributed by atoms with Crippen LogP contribution in [0.15, 0.2) is 42.6 Å². The summed E-state index contributed by atoms with van der Waals surface area (Å²) in [5.41, 5.74) is 8.95. The van der Waals surface area contributed by atoms with E-state index in [2.05, 4.69) is 10.3 Å². The second kappa shape index (κ2) is 5.51. The lowest BCUT2D eigenvalue weighted by atomic mass is 10.1. The minimum absolute atomic E-state index is 0.0163. The lowest BCUT2D eigenvalue weighted by Gasteiger charge is -2.14. The van der Waals surface area contributed by atoms with Gasteiger partial charge in [-0.05, 0) is 24.6 Å². The normalized spacial score (nSPS) is 11.9. The van der Waals surface area contributed by atoms with Crippen molar-refractivity contribution in [3.63, 3.8) is 0 Å². The van der Waals surface area contributed by atoms with Gasteiger partial charge in [0.25, 0.3) is 0 Å². The molecule has 0 amide bonds. The summed E-state index contributed by atoms with van der Waals surface area (Å²) in [5.74, 6) is 0.582. The molecule has 0 saturated heterocycles. The standard InChI is InChI=1S/C14H17N3O/c1-10(15)12-5-3-4-6-13(12)17-11-7-8-16-14(9-11)18-2/h3-10H,15H2,1-2H3,(H,16,17). The van der Waals surface area contributed by atoms with Gasteiger partial charge in [-0.3, -0.25) is 0 Å². The minimum atomic E-state index is -0.0163. The van der Waals surface area contributed by atoms with Gasteiger partial charge < -0.3 is 15.8 Å². The molecule has 1 atom stereocenters. The van der Waals surface area contributed by atoms with Gasteiger partial charge in [-0.25, -0.2) is 4.98 Å². The van der Waals surface area contributed by atoms with Crippen LogP contribution >= 0.6 is 0 Å². The minimum Gasteiger partial charge on any atom is -0.481 e. The number of nitrogens with two attached hydrogens (primary N) is 1. The molecule has 0 aliphatic rings. The number of methoxy groups -OCH3 is 1. The van der Waals surface area contributed by atoms with Crippen molar-refractivity contribution in [2.24, 2.45) is 5.73 Å². The predicted octanol–water partition coefficient (Wildman–Crippen LogP) is 2.85. The zero-order chi connectivity index (χ0) is 13.0. The first-order chi connectivity index (χ1) is 8.70. The molecule has 0 saturated carbocycles. The summed E-state index contributed by atoms with van der Waals surface area (Å²) < 4.78 is 5.09. The van der Waals surface area contributed by atoms with E-state index >= 15 is 0 Å². The van der Waals surface area contributed by atoms with Gasteiger partial charge >= 0.3 is 0 Å². The highest BCUT2D eigenvalue weighted by Crippen LogP contribution is 2.25. The molecule has 0 radical (unpaired) electrons. The van der Waals surface area contributed by atoms with Crippen LogP contribution in [-0.4, -0.2) is 12.1 Å². The number of benzene rings is 1. The van der Waals surface area contributed by atoms with Crippen molar-refractivity contribution in [3.8, 4) is 5.88 Å². The predicted molar refractivity (Wildman–Crippen MR) is 73.1 cm³/mol. The molecule has 2 rings (SSSR count). The molecule has 1 unspecified atom stereocenters. The molecule has 0 aliphatic heterocycles. The van der Waals surface area contributed by atoms with Crippen LogP contribution < -0.4 is 15.8 Å². The summed E-state index contributed by atoms with van der Waals surface area (Å²) in [5, 5.41) is 3.33. The number of nitrogens with one attached hydrogen (secondary N) is 1. The first-order valence-corrected chi connectivity index (χ1v) is 5.82. The summed E-state index contributed by atoms with van der Waals surface area (Å²) >= 11 is 0. The molecule has 1 aromatic carbocycles. The Balaban J connectivity index is 2.28. The summed E-state index contributed by atoms with van der Waals surface area (Å²) in [6.45, 7) is 1.97. The molecule has 4 nitrogen and oxygen atoms in total. The number of ether oxygens (including phenoxy) is 1. The number of hydrogen-bond acceptors (Lipinski definition) is 4. The topological polar surface area (TPSA) is 60.2 Å². The Bertz CT molecular complexity index is 526. The van der Waals surface area contributed by atoms with Gasteiger partial charge in [-0.1, -0.05) is 18.2 Å². The summed E-state index contributed by atoms with van der Waals surface area (Å²) in [7, 11) is 1.60. The molecule has 0 fully saturated rings. The summed E-state index contributed by atoms with van der Waals surface area (Å²) in [6, 6.07) is 11.7. The second-order valence-corrected chi connectivity index (χ2v) is 4.09. The second-order valence-electron chi connectivity index (χ2n) is 4.09. The average Bonchev–Trinajstić information content (AvgIpc) is 2.39. The van der Waals surface area contributed by atoms with E-state index in [1.807, 2.05) is 43.3 Å². The molecule has 0 bridgehead atoms. The summed E-state index contributed by atoms with van der Waals surface area (Å²) in [6.07, 6.45) is 1.70. The highest BCUT2D eigenvalue weighted by Gasteiger charge is 2.06. The van der Waals surface area contributed by atoms with Gasteiger partial charge in [0.2, 0.25) is 5.88 Å². The van der Waals surface area contributed by atoms with Crippen LogP contribution in [0.4, 0.5) is 11.4 Å². The Morgan fingerprint density at radius 2 is 2.06 bits per heavy atom. The molecule has 94 valence electrons. The first kappa shape index (κ1) is 12.4. The van der Waals surface area contributed by atoms with Gasteiger partial charge in [0.1, 0.15) is 0 Å². The monoisotopic (exact) mass is 243 g/mol. The fourth-order valence-electron chi connectivity index (χ4n) is 1.76. The number of hydrogen-bond donors (Lipinski definition) is 2. The molecule has 3 N–H and O–H groups in total. The Morgan fingerprint density at radius 1 is 1.28 bits per heavy atom. The van der Waals surface area contributed by atoms with Crippen molar-refractivity contribution in [2.45, 2.75) is 13.0 Å². The van der Waals surface area contributed by atoms with E-state index < -0.39 is 0 Å². The molecule has 4 heteroatoms. The van der Waals surface area contributed by atoms with E-state index in [4.69, 9.17) is 10.5 Å². The Kier molecular flexibility index (Phi) is 3.79. The lowest BCUT2D eigenvalue weighted by molar-refractivity contribution is 0.398. The fraction of sp³-hybridized carbons (Fsp3) is 0.214. The summed E-state index contributed by atoms with van der Waals surface area (Å²) in [4.78, 5) is 4.07. The van der Waals surface area contributed by atoms with Crippen LogP contribution in [0, 0.1) is 0 Å². The molecule has 2 aromatic rings. The maximum atomic E-state index is 5.95. The highest BCUT2D eigenvalue weighted by atomic mass is 16.5. The van der Waals surface area contributed by atoms with Crippen molar-refractivity contribution in [2.75, 3.05) is 12.4 Å². The van der Waals surface area contributed by atoms with Gasteiger partial charge in [0.05, 0.1) is 7.11 Å². The van der Waals surface area contributed by atoms with Gasteiger partial charge in [0.15, 0.2) is 0 Å². The Labute approximate surface area is 107 Å². The van der Waals surface area contributed by atoms with Crippen LogP contribution in [0.5, 0.6) is 5.88 Å². The molecule has 18 heavy (non-hydrogen) atoms. The van der Waals surface area contributed by atoms with Crippen molar-refractivity contribution >= 4 is 11.4 Å². The van der Waals surface area contributed by atoms with Crippen LogP contribution in [-0.2, 0) is 0 Å². The maximum absolute atomic E-state index is 5.95. The zero-order valence-electron chi connectivity index (χ0n) is 10.6. The van der Waals surface area contributed by atoms with Crippen LogP contribution in [0.25, 0.3) is 0 Å². The molecule has 0 spiro atoms. The zero-order valence-corrected chi connectivity index (χ0v) is 10.6. The van der Waals surface area contributed by atoms with Crippen LogP contribution in [0.2, 0.25) is 0 Å². The number of aromatic nitrogens is 1. The Morgan fingerprint density at radius 3 is 2.78 bits per heavy atom. The molecular formula is C14H17N3O. The van der Waals surface area contributed by atoms with Crippen molar-refractivity contribution in [3.05, 3.63) is 48.2 Å². The van der Waals surface area contributed by atoms with Crippen molar-refractivity contribution in [1.29, 1.82) is 0 Å². The third kappa shape index (κ3) is 2.78. The molecule has 1 heterocycles. The fourth-order valence-corrected chi connectivity index (χ4v) is 1.76. The van der Waals surface area contributed by atoms with E-state index in [9.17, 15) is 0 Å². The molecule has 0 aliphatic carbocycles. The number of nitrogens with zero attached hydrogens (tertiary/aromatic N) is 1. The number of para-hydroxylation sites is 1. The van der Waals surface area contributed by atoms with Gasteiger partial charge in [-0.2, -0.15) is 0 Å². The quantitative estimate of drug-likeness (QED) is 0.866. The Hall–Kier alpha value is -2.07. The van der Waals surface area contributed by atoms with Crippen molar-refractivity contribution in [1.82, 2.24) is 4.98 Å². The van der Waals surface area contributed by atoms with E-state index in [-0.39, 0.29) is 6.04 Å². The number of anilines is 2. The number of rotatable bonds is 4. The SMILES string of the molecule is COc1cc(Nc2ccccc2C(C)N)ccn1. The smallest absolute Gasteiger partial charge is 0.214 e. The van der Waals surface area contributed by atoms with Crippen LogP contribution in [0.1, 0.15) is 18.5 Å². The van der Waals surface area contributed by atoms with Crippen LogP contribution in [0.3, 0.4) is 0 Å². The van der Waals surface area contributed by atoms with E-state index in [1.165, 1.54) is 0 Å². The van der Waals surface area contributed by atoms with E-state index in [0.717, 1.165) is 16.9 Å². The highest BCUT2D eigenvalue weighted by molar-refractivity contribution is 5.64. The number of pyridine rings is 1.